The van der Waals surface area contributed by atoms with Crippen molar-refractivity contribution in [2.24, 2.45) is 0 Å². The molecule has 5 heteroatoms. The van der Waals surface area contributed by atoms with Crippen LogP contribution in [0.15, 0.2) is 18.2 Å². The Hall–Kier alpha value is -1.91. The van der Waals surface area contributed by atoms with Crippen molar-refractivity contribution in [3.63, 3.8) is 0 Å². The van der Waals surface area contributed by atoms with Gasteiger partial charge >= 0.3 is 5.97 Å². The van der Waals surface area contributed by atoms with E-state index >= 15 is 0 Å². The minimum Gasteiger partial charge on any atom is -0.494 e. The molecule has 0 heterocycles. The van der Waals surface area contributed by atoms with Crippen LogP contribution in [0.4, 0.5) is 4.39 Å². The average Bonchev–Trinajstić information content (AvgIpc) is 2.29. The van der Waals surface area contributed by atoms with Crippen LogP contribution in [0.2, 0.25) is 0 Å². The van der Waals surface area contributed by atoms with Crippen LogP contribution in [0.5, 0.6) is 5.75 Å². The van der Waals surface area contributed by atoms with E-state index in [0.29, 0.717) is 0 Å². The Kier molecular flexibility index (Phi) is 3.99. The molecule has 0 fully saturated rings. The lowest BCUT2D eigenvalue weighted by molar-refractivity contribution is -0.137. The fraction of sp³-hybridized carbons (Fsp3) is 0.273. The number of hydrogen-bond donors (Lipinski definition) is 0. The molecular weight excluding hydrogens is 215 g/mol. The predicted octanol–water partition coefficient (Wildman–Crippen LogP) is 1.58. The number of carbonyl (C=O) groups is 2. The van der Waals surface area contributed by atoms with Gasteiger partial charge in [-0.25, -0.2) is 9.18 Å². The lowest BCUT2D eigenvalue weighted by Crippen LogP contribution is -2.17. The van der Waals surface area contributed by atoms with E-state index in [4.69, 9.17) is 4.74 Å². The van der Waals surface area contributed by atoms with Crippen LogP contribution in [-0.2, 0) is 9.53 Å². The Balaban J connectivity index is 2.96. The molecule has 0 N–H and O–H groups in total. The summed E-state index contributed by atoms with van der Waals surface area (Å²) >= 11 is 0. The number of methoxy groups -OCH3 is 1. The fourth-order valence-corrected chi connectivity index (χ4v) is 1.12. The topological polar surface area (TPSA) is 52.6 Å². The summed E-state index contributed by atoms with van der Waals surface area (Å²) in [6, 6.07) is 3.43. The van der Waals surface area contributed by atoms with Gasteiger partial charge in [-0.1, -0.05) is 0 Å². The summed E-state index contributed by atoms with van der Waals surface area (Å²) in [5.74, 6) is -2.46. The Morgan fingerprint density at radius 2 is 2.06 bits per heavy atom. The molecule has 0 atom stereocenters. The van der Waals surface area contributed by atoms with Gasteiger partial charge < -0.3 is 9.47 Å². The van der Waals surface area contributed by atoms with E-state index in [1.807, 2.05) is 0 Å². The number of esters is 1. The molecule has 0 amide bonds. The van der Waals surface area contributed by atoms with Crippen LogP contribution in [0, 0.1) is 5.82 Å². The van der Waals surface area contributed by atoms with E-state index in [1.54, 1.807) is 6.92 Å². The van der Waals surface area contributed by atoms with Crippen LogP contribution in [0.1, 0.15) is 17.3 Å². The van der Waals surface area contributed by atoms with E-state index < -0.39 is 17.6 Å². The maximum atomic E-state index is 13.0. The van der Waals surface area contributed by atoms with Crippen molar-refractivity contribution >= 4 is 11.8 Å². The largest absolute Gasteiger partial charge is 0.494 e. The first-order valence-electron chi connectivity index (χ1n) is 4.65. The number of ketones is 1. The van der Waals surface area contributed by atoms with Gasteiger partial charge in [-0.15, -0.1) is 0 Å². The first-order valence-corrected chi connectivity index (χ1v) is 4.65. The van der Waals surface area contributed by atoms with Gasteiger partial charge in [0.25, 0.3) is 5.78 Å². The van der Waals surface area contributed by atoms with Crippen LogP contribution < -0.4 is 4.74 Å². The molecule has 0 aliphatic rings. The van der Waals surface area contributed by atoms with Gasteiger partial charge in [-0.05, 0) is 25.1 Å². The minimum absolute atomic E-state index is 0.0386. The number of halogens is 1. The molecule has 86 valence electrons. The van der Waals surface area contributed by atoms with Gasteiger partial charge in [-0.3, -0.25) is 4.79 Å². The van der Waals surface area contributed by atoms with Gasteiger partial charge in [0, 0.05) is 5.56 Å². The van der Waals surface area contributed by atoms with Gasteiger partial charge in [0.2, 0.25) is 0 Å². The summed E-state index contributed by atoms with van der Waals surface area (Å²) in [5.41, 5.74) is 0.0386. The minimum atomic E-state index is -0.962. The second-order valence-electron chi connectivity index (χ2n) is 2.90. The maximum Gasteiger partial charge on any atom is 0.379 e. The van der Waals surface area contributed by atoms with Gasteiger partial charge in [0.15, 0.2) is 11.6 Å². The molecule has 0 saturated carbocycles. The highest BCUT2D eigenvalue weighted by atomic mass is 19.1. The molecular formula is C11H11FO4. The first kappa shape index (κ1) is 12.2. The first-order chi connectivity index (χ1) is 7.60. The van der Waals surface area contributed by atoms with E-state index in [2.05, 4.69) is 4.74 Å². The summed E-state index contributed by atoms with van der Waals surface area (Å²) < 4.78 is 22.3. The molecule has 0 saturated heterocycles. The zero-order valence-corrected chi connectivity index (χ0v) is 8.95. The summed E-state index contributed by atoms with van der Waals surface area (Å²) in [6.45, 7) is 1.71. The molecule has 0 spiro atoms. The number of benzene rings is 1. The Morgan fingerprint density at radius 1 is 1.38 bits per heavy atom. The van der Waals surface area contributed by atoms with Crippen molar-refractivity contribution in [1.82, 2.24) is 0 Å². The van der Waals surface area contributed by atoms with E-state index in [9.17, 15) is 14.0 Å². The third-order valence-electron chi connectivity index (χ3n) is 1.87. The molecule has 0 unspecified atom stereocenters. The zero-order chi connectivity index (χ0) is 12.1. The van der Waals surface area contributed by atoms with Crippen LogP contribution in [0.3, 0.4) is 0 Å². The normalized spacial score (nSPS) is 9.69. The third kappa shape index (κ3) is 2.56. The van der Waals surface area contributed by atoms with Crippen molar-refractivity contribution in [3.8, 4) is 5.75 Å². The zero-order valence-electron chi connectivity index (χ0n) is 8.95. The maximum absolute atomic E-state index is 13.0. The van der Waals surface area contributed by atoms with Crippen LogP contribution in [-0.4, -0.2) is 25.5 Å². The highest BCUT2D eigenvalue weighted by molar-refractivity contribution is 6.40. The molecule has 0 radical (unpaired) electrons. The Morgan fingerprint density at radius 3 is 2.62 bits per heavy atom. The second-order valence-corrected chi connectivity index (χ2v) is 2.90. The van der Waals surface area contributed by atoms with Crippen molar-refractivity contribution < 1.29 is 23.5 Å². The average molecular weight is 226 g/mol. The van der Waals surface area contributed by atoms with Crippen LogP contribution >= 0.6 is 0 Å². The van der Waals surface area contributed by atoms with Crippen molar-refractivity contribution in [2.75, 3.05) is 13.7 Å². The lowest BCUT2D eigenvalue weighted by atomic mass is 10.1. The highest BCUT2D eigenvalue weighted by Gasteiger charge is 2.18. The fourth-order valence-electron chi connectivity index (χ4n) is 1.12. The second kappa shape index (κ2) is 5.25. The quantitative estimate of drug-likeness (QED) is 0.444. The number of rotatable bonds is 4. The third-order valence-corrected chi connectivity index (χ3v) is 1.87. The summed E-state index contributed by atoms with van der Waals surface area (Å²) in [6.07, 6.45) is 0. The summed E-state index contributed by atoms with van der Waals surface area (Å²) in [7, 11) is 1.27. The molecule has 4 nitrogen and oxygen atoms in total. The standard InChI is InChI=1S/C11H11FO4/c1-3-16-11(14)10(13)7-4-5-8(12)9(6-7)15-2/h4-6H,3H2,1-2H3. The van der Waals surface area contributed by atoms with Crippen LogP contribution in [0.25, 0.3) is 0 Å². The van der Waals surface area contributed by atoms with Gasteiger partial charge in [0.05, 0.1) is 13.7 Å². The highest BCUT2D eigenvalue weighted by Crippen LogP contribution is 2.18. The number of Topliss-reactive ketones (excluding diaryl/α,β-unsaturated/α-hetero) is 1. The van der Waals surface area contributed by atoms with Crippen molar-refractivity contribution in [2.45, 2.75) is 6.92 Å². The molecule has 0 aliphatic heterocycles. The summed E-state index contributed by atoms with van der Waals surface area (Å²) in [5, 5.41) is 0. The summed E-state index contributed by atoms with van der Waals surface area (Å²) in [4.78, 5) is 22.6. The molecule has 0 aromatic heterocycles. The molecule has 16 heavy (non-hydrogen) atoms. The van der Waals surface area contributed by atoms with E-state index in [1.165, 1.54) is 13.2 Å². The molecule has 0 bridgehead atoms. The van der Waals surface area contributed by atoms with Crippen molar-refractivity contribution in [3.05, 3.63) is 29.6 Å². The molecule has 1 aromatic carbocycles. The monoisotopic (exact) mass is 226 g/mol. The smallest absolute Gasteiger partial charge is 0.379 e. The van der Waals surface area contributed by atoms with Gasteiger partial charge in [-0.2, -0.15) is 0 Å². The van der Waals surface area contributed by atoms with E-state index in [-0.39, 0.29) is 17.9 Å². The van der Waals surface area contributed by atoms with Gasteiger partial charge in [0.1, 0.15) is 0 Å². The predicted molar refractivity (Wildman–Crippen MR) is 53.9 cm³/mol. The molecule has 1 aromatic rings. The lowest BCUT2D eigenvalue weighted by Gasteiger charge is -2.04. The SMILES string of the molecule is CCOC(=O)C(=O)c1ccc(F)c(OC)c1. The number of carbonyl (C=O) groups excluding carboxylic acids is 2. The Labute approximate surface area is 92.0 Å². The van der Waals surface area contributed by atoms with E-state index in [0.717, 1.165) is 12.1 Å². The Bertz CT molecular complexity index is 414. The number of ether oxygens (including phenoxy) is 2. The number of hydrogen-bond acceptors (Lipinski definition) is 4. The molecule has 1 rings (SSSR count). The molecule has 0 aliphatic carbocycles. The van der Waals surface area contributed by atoms with Crippen molar-refractivity contribution in [1.29, 1.82) is 0 Å².